The van der Waals surface area contributed by atoms with Crippen LogP contribution in [-0.2, 0) is 4.74 Å². The summed E-state index contributed by atoms with van der Waals surface area (Å²) in [5, 5.41) is 6.15. The number of rotatable bonds is 2. The van der Waals surface area contributed by atoms with E-state index >= 15 is 0 Å². The van der Waals surface area contributed by atoms with Gasteiger partial charge in [0, 0.05) is 6.20 Å². The van der Waals surface area contributed by atoms with Crippen molar-refractivity contribution >= 4 is 5.97 Å². The number of aromatic nitrogens is 5. The predicted molar refractivity (Wildman–Crippen MR) is 51.6 cm³/mol. The number of aromatic amines is 2. The SMILES string of the molecule is COC(=O)c1cnc(-c2ncn[nH]2)[nH]c1=O. The summed E-state index contributed by atoms with van der Waals surface area (Å²) in [5.74, 6) is -0.221. The van der Waals surface area contributed by atoms with Crippen molar-refractivity contribution in [2.24, 2.45) is 0 Å². The molecule has 2 aromatic heterocycles. The zero-order valence-corrected chi connectivity index (χ0v) is 8.22. The number of hydrogen-bond donors (Lipinski definition) is 2. The molecule has 0 bridgehead atoms. The van der Waals surface area contributed by atoms with Crippen LogP contribution in [0.2, 0.25) is 0 Å². The van der Waals surface area contributed by atoms with E-state index in [0.29, 0.717) is 5.82 Å². The summed E-state index contributed by atoms with van der Waals surface area (Å²) >= 11 is 0. The summed E-state index contributed by atoms with van der Waals surface area (Å²) < 4.78 is 4.41. The van der Waals surface area contributed by atoms with E-state index in [9.17, 15) is 9.59 Å². The van der Waals surface area contributed by atoms with Crippen LogP contribution >= 0.6 is 0 Å². The monoisotopic (exact) mass is 221 g/mol. The van der Waals surface area contributed by atoms with Crippen LogP contribution in [0, 0.1) is 0 Å². The number of methoxy groups -OCH3 is 1. The number of hydrogen-bond acceptors (Lipinski definition) is 6. The number of esters is 1. The van der Waals surface area contributed by atoms with E-state index in [0.717, 1.165) is 6.20 Å². The molecular weight excluding hydrogens is 214 g/mol. The van der Waals surface area contributed by atoms with Gasteiger partial charge >= 0.3 is 5.97 Å². The molecule has 2 heterocycles. The molecule has 0 fully saturated rings. The zero-order chi connectivity index (χ0) is 11.5. The van der Waals surface area contributed by atoms with Crippen LogP contribution in [0.15, 0.2) is 17.3 Å². The predicted octanol–water partition coefficient (Wildman–Crippen LogP) is -0.658. The van der Waals surface area contributed by atoms with Gasteiger partial charge in [-0.25, -0.2) is 14.8 Å². The van der Waals surface area contributed by atoms with Crippen LogP contribution in [0.5, 0.6) is 0 Å². The fourth-order valence-electron chi connectivity index (χ4n) is 1.09. The van der Waals surface area contributed by atoms with E-state index in [1.54, 1.807) is 0 Å². The molecule has 0 atom stereocenters. The fourth-order valence-corrected chi connectivity index (χ4v) is 1.09. The lowest BCUT2D eigenvalue weighted by Crippen LogP contribution is -2.20. The van der Waals surface area contributed by atoms with Gasteiger partial charge in [-0.3, -0.25) is 9.89 Å². The average Bonchev–Trinajstić information content (AvgIpc) is 2.81. The van der Waals surface area contributed by atoms with Crippen LogP contribution < -0.4 is 5.56 Å². The van der Waals surface area contributed by atoms with Gasteiger partial charge < -0.3 is 9.72 Å². The summed E-state index contributed by atoms with van der Waals surface area (Å²) in [5.41, 5.74) is -0.751. The fraction of sp³-hybridized carbons (Fsp3) is 0.125. The molecule has 0 saturated carbocycles. The molecule has 0 amide bonds. The lowest BCUT2D eigenvalue weighted by Gasteiger charge is -1.98. The molecule has 82 valence electrons. The molecule has 16 heavy (non-hydrogen) atoms. The normalized spacial score (nSPS) is 10.1. The Hall–Kier alpha value is -2.51. The highest BCUT2D eigenvalue weighted by molar-refractivity contribution is 5.88. The Morgan fingerprint density at radius 2 is 2.19 bits per heavy atom. The third-order valence-corrected chi connectivity index (χ3v) is 1.84. The van der Waals surface area contributed by atoms with E-state index in [2.05, 4.69) is 29.9 Å². The number of carbonyl (C=O) groups is 1. The van der Waals surface area contributed by atoms with Gasteiger partial charge in [0.25, 0.3) is 5.56 Å². The minimum absolute atomic E-state index is 0.161. The highest BCUT2D eigenvalue weighted by Gasteiger charge is 2.13. The minimum atomic E-state index is -0.738. The third-order valence-electron chi connectivity index (χ3n) is 1.84. The van der Waals surface area contributed by atoms with Crippen molar-refractivity contribution < 1.29 is 9.53 Å². The highest BCUT2D eigenvalue weighted by Crippen LogP contribution is 2.03. The quantitative estimate of drug-likeness (QED) is 0.651. The van der Waals surface area contributed by atoms with Crippen LogP contribution in [0.25, 0.3) is 11.6 Å². The van der Waals surface area contributed by atoms with E-state index in [1.165, 1.54) is 13.4 Å². The Labute approximate surface area is 88.7 Å². The molecule has 2 rings (SSSR count). The largest absolute Gasteiger partial charge is 0.465 e. The standard InChI is InChI=1S/C8H7N5O3/c1-16-8(15)4-2-9-5(12-7(4)14)6-10-3-11-13-6/h2-3H,1H3,(H,9,12,14)(H,10,11,13). The summed E-state index contributed by atoms with van der Waals surface area (Å²) in [6, 6.07) is 0. The first-order valence-electron chi connectivity index (χ1n) is 4.25. The molecule has 0 aliphatic carbocycles. The Bertz CT molecular complexity index is 559. The van der Waals surface area contributed by atoms with Crippen molar-refractivity contribution in [1.82, 2.24) is 25.1 Å². The lowest BCUT2D eigenvalue weighted by molar-refractivity contribution is 0.0598. The second kappa shape index (κ2) is 3.93. The van der Waals surface area contributed by atoms with Gasteiger partial charge in [0.1, 0.15) is 11.9 Å². The maximum atomic E-state index is 11.5. The summed E-state index contributed by atoms with van der Waals surface area (Å²) in [7, 11) is 1.19. The van der Waals surface area contributed by atoms with Gasteiger partial charge in [0.15, 0.2) is 11.6 Å². The van der Waals surface area contributed by atoms with E-state index in [-0.39, 0.29) is 11.4 Å². The van der Waals surface area contributed by atoms with Gasteiger partial charge in [-0.1, -0.05) is 0 Å². The second-order valence-corrected chi connectivity index (χ2v) is 2.80. The first-order valence-corrected chi connectivity index (χ1v) is 4.25. The Balaban J connectivity index is 2.45. The van der Waals surface area contributed by atoms with Gasteiger partial charge in [-0.15, -0.1) is 0 Å². The lowest BCUT2D eigenvalue weighted by atomic mass is 10.3. The zero-order valence-electron chi connectivity index (χ0n) is 8.22. The summed E-state index contributed by atoms with van der Waals surface area (Å²) in [6.07, 6.45) is 2.41. The van der Waals surface area contributed by atoms with Gasteiger partial charge in [0.2, 0.25) is 0 Å². The number of nitrogens with one attached hydrogen (secondary N) is 2. The van der Waals surface area contributed by atoms with Crippen molar-refractivity contribution in [3.8, 4) is 11.6 Å². The topological polar surface area (TPSA) is 114 Å². The van der Waals surface area contributed by atoms with Gasteiger partial charge in [0.05, 0.1) is 7.11 Å². The molecule has 0 radical (unpaired) electrons. The molecule has 0 aliphatic heterocycles. The van der Waals surface area contributed by atoms with E-state index in [4.69, 9.17) is 0 Å². The molecule has 2 aromatic rings. The molecule has 8 heteroatoms. The van der Waals surface area contributed by atoms with Crippen LogP contribution in [0.3, 0.4) is 0 Å². The molecule has 2 N–H and O–H groups in total. The average molecular weight is 221 g/mol. The first kappa shape index (κ1) is 10.0. The second-order valence-electron chi connectivity index (χ2n) is 2.80. The van der Waals surface area contributed by atoms with Crippen LogP contribution in [-0.4, -0.2) is 38.2 Å². The highest BCUT2D eigenvalue weighted by atomic mass is 16.5. The van der Waals surface area contributed by atoms with Crippen molar-refractivity contribution in [3.63, 3.8) is 0 Å². The molecule has 0 unspecified atom stereocenters. The van der Waals surface area contributed by atoms with E-state index < -0.39 is 11.5 Å². The smallest absolute Gasteiger partial charge is 0.345 e. The summed E-state index contributed by atoms with van der Waals surface area (Å²) in [4.78, 5) is 32.7. The minimum Gasteiger partial charge on any atom is -0.465 e. The maximum Gasteiger partial charge on any atom is 0.345 e. The molecule has 0 aromatic carbocycles. The van der Waals surface area contributed by atoms with Crippen LogP contribution in [0.1, 0.15) is 10.4 Å². The first-order chi connectivity index (χ1) is 7.72. The number of ether oxygens (including phenoxy) is 1. The summed E-state index contributed by atoms with van der Waals surface area (Å²) in [6.45, 7) is 0. The van der Waals surface area contributed by atoms with Crippen molar-refractivity contribution in [2.75, 3.05) is 7.11 Å². The van der Waals surface area contributed by atoms with Gasteiger partial charge in [-0.2, -0.15) is 5.10 Å². The Morgan fingerprint density at radius 1 is 1.38 bits per heavy atom. The third kappa shape index (κ3) is 1.67. The van der Waals surface area contributed by atoms with Crippen molar-refractivity contribution in [3.05, 3.63) is 28.4 Å². The van der Waals surface area contributed by atoms with E-state index in [1.807, 2.05) is 0 Å². The molecule has 0 aliphatic rings. The molecule has 8 nitrogen and oxygen atoms in total. The van der Waals surface area contributed by atoms with Crippen LogP contribution in [0.4, 0.5) is 0 Å². The molecule has 0 saturated heterocycles. The Kier molecular flexibility index (Phi) is 2.46. The number of H-pyrrole nitrogens is 2. The molecular formula is C8H7N5O3. The number of nitrogens with zero attached hydrogens (tertiary/aromatic N) is 3. The number of carbonyl (C=O) groups excluding carboxylic acids is 1. The Morgan fingerprint density at radius 3 is 2.75 bits per heavy atom. The van der Waals surface area contributed by atoms with Crippen molar-refractivity contribution in [2.45, 2.75) is 0 Å². The molecule has 0 spiro atoms. The van der Waals surface area contributed by atoms with Crippen molar-refractivity contribution in [1.29, 1.82) is 0 Å². The van der Waals surface area contributed by atoms with Gasteiger partial charge in [-0.05, 0) is 0 Å². The maximum absolute atomic E-state index is 11.5.